The summed E-state index contributed by atoms with van der Waals surface area (Å²) in [4.78, 5) is 0. The second-order valence-electron chi connectivity index (χ2n) is 4.02. The van der Waals surface area contributed by atoms with Crippen molar-refractivity contribution in [2.24, 2.45) is 0 Å². The predicted molar refractivity (Wildman–Crippen MR) is 57.4 cm³/mol. The Hall–Kier alpha value is -0.120. The molecule has 86 valence electrons. The largest absolute Gasteiger partial charge is 0.391 e. The monoisotopic (exact) mass is 204 g/mol. The molecule has 0 heterocycles. The van der Waals surface area contributed by atoms with E-state index in [2.05, 4.69) is 6.92 Å². The Morgan fingerprint density at radius 1 is 1.14 bits per heavy atom. The Morgan fingerprint density at radius 3 is 2.07 bits per heavy atom. The van der Waals surface area contributed by atoms with Crippen molar-refractivity contribution in [3.8, 4) is 0 Å². The Bertz CT molecular complexity index is 134. The zero-order valence-corrected chi connectivity index (χ0v) is 9.99. The predicted octanol–water partition coefficient (Wildman–Crippen LogP) is 1.98. The van der Waals surface area contributed by atoms with Gasteiger partial charge in [0.2, 0.25) is 0 Å². The summed E-state index contributed by atoms with van der Waals surface area (Å²) in [5, 5.41) is 9.07. The van der Waals surface area contributed by atoms with Gasteiger partial charge in [-0.05, 0) is 34.1 Å². The molecule has 3 atom stereocenters. The van der Waals surface area contributed by atoms with E-state index in [4.69, 9.17) is 14.6 Å². The number of hydrogen-bond acceptors (Lipinski definition) is 3. The number of aliphatic hydroxyl groups is 1. The summed E-state index contributed by atoms with van der Waals surface area (Å²) in [6.45, 7) is 10.2. The van der Waals surface area contributed by atoms with Crippen LogP contribution in [0.5, 0.6) is 0 Å². The van der Waals surface area contributed by atoms with E-state index in [1.807, 2.05) is 20.8 Å². The highest BCUT2D eigenvalue weighted by molar-refractivity contribution is 4.66. The van der Waals surface area contributed by atoms with E-state index in [9.17, 15) is 0 Å². The molecule has 0 radical (unpaired) electrons. The van der Waals surface area contributed by atoms with Crippen molar-refractivity contribution in [3.63, 3.8) is 0 Å². The minimum absolute atomic E-state index is 0.0389. The van der Waals surface area contributed by atoms with Crippen LogP contribution in [-0.2, 0) is 9.47 Å². The van der Waals surface area contributed by atoms with E-state index in [0.29, 0.717) is 6.61 Å². The molecule has 0 spiro atoms. The average Bonchev–Trinajstić information content (AvgIpc) is 2.09. The molecule has 0 aromatic rings. The first-order valence-electron chi connectivity index (χ1n) is 5.42. The van der Waals surface area contributed by atoms with Crippen LogP contribution in [0.2, 0.25) is 0 Å². The van der Waals surface area contributed by atoms with Gasteiger partial charge in [-0.1, -0.05) is 6.92 Å². The van der Waals surface area contributed by atoms with Crippen molar-refractivity contribution in [2.45, 2.75) is 65.5 Å². The van der Waals surface area contributed by atoms with Crippen LogP contribution in [0.1, 0.15) is 41.0 Å². The van der Waals surface area contributed by atoms with Crippen LogP contribution in [-0.4, -0.2) is 36.1 Å². The van der Waals surface area contributed by atoms with Crippen LogP contribution in [0.15, 0.2) is 0 Å². The fraction of sp³-hybridized carbons (Fsp3) is 1.00. The molecule has 0 aliphatic carbocycles. The van der Waals surface area contributed by atoms with Crippen LogP contribution in [0.4, 0.5) is 0 Å². The van der Waals surface area contributed by atoms with Crippen LogP contribution in [0.25, 0.3) is 0 Å². The van der Waals surface area contributed by atoms with Gasteiger partial charge in [0.15, 0.2) is 0 Å². The molecule has 0 saturated heterocycles. The van der Waals surface area contributed by atoms with Crippen LogP contribution < -0.4 is 0 Å². The average molecular weight is 204 g/mol. The van der Waals surface area contributed by atoms with E-state index in [1.54, 1.807) is 6.92 Å². The van der Waals surface area contributed by atoms with E-state index in [-0.39, 0.29) is 18.3 Å². The topological polar surface area (TPSA) is 38.7 Å². The molecule has 0 saturated carbocycles. The van der Waals surface area contributed by atoms with Crippen molar-refractivity contribution in [1.82, 2.24) is 0 Å². The normalized spacial score (nSPS) is 18.2. The first-order valence-corrected chi connectivity index (χ1v) is 5.42. The Labute approximate surface area is 87.4 Å². The lowest BCUT2D eigenvalue weighted by Crippen LogP contribution is -2.32. The van der Waals surface area contributed by atoms with Gasteiger partial charge >= 0.3 is 0 Å². The van der Waals surface area contributed by atoms with Crippen molar-refractivity contribution < 1.29 is 14.6 Å². The molecule has 3 heteroatoms. The minimum atomic E-state index is -0.408. The third kappa shape index (κ3) is 6.35. The van der Waals surface area contributed by atoms with Gasteiger partial charge in [-0.15, -0.1) is 0 Å². The summed E-state index contributed by atoms with van der Waals surface area (Å²) < 4.78 is 11.2. The highest BCUT2D eigenvalue weighted by atomic mass is 16.5. The molecular formula is C11H24O3. The summed E-state index contributed by atoms with van der Waals surface area (Å²) in [6, 6.07) is 0. The Morgan fingerprint density at radius 2 is 1.71 bits per heavy atom. The van der Waals surface area contributed by atoms with E-state index >= 15 is 0 Å². The van der Waals surface area contributed by atoms with Gasteiger partial charge in [-0.3, -0.25) is 0 Å². The third-order valence-electron chi connectivity index (χ3n) is 1.97. The second-order valence-corrected chi connectivity index (χ2v) is 4.02. The maximum Gasteiger partial charge on any atom is 0.0834 e. The first kappa shape index (κ1) is 13.9. The molecule has 0 rings (SSSR count). The van der Waals surface area contributed by atoms with Crippen LogP contribution in [0.3, 0.4) is 0 Å². The van der Waals surface area contributed by atoms with Gasteiger partial charge in [0, 0.05) is 0 Å². The molecule has 3 nitrogen and oxygen atoms in total. The zero-order valence-electron chi connectivity index (χ0n) is 9.99. The van der Waals surface area contributed by atoms with Crippen molar-refractivity contribution >= 4 is 0 Å². The van der Waals surface area contributed by atoms with Gasteiger partial charge in [-0.2, -0.15) is 0 Å². The van der Waals surface area contributed by atoms with Gasteiger partial charge in [-0.25, -0.2) is 0 Å². The standard InChI is InChI=1S/C11H24O3/c1-6-11(14-8(2)3)10(5)13-7-9(4)12/h8-12H,6-7H2,1-5H3. The van der Waals surface area contributed by atoms with Crippen LogP contribution >= 0.6 is 0 Å². The molecule has 14 heavy (non-hydrogen) atoms. The van der Waals surface area contributed by atoms with Gasteiger partial charge < -0.3 is 14.6 Å². The summed E-state index contributed by atoms with van der Waals surface area (Å²) in [5.41, 5.74) is 0. The molecule has 0 aromatic heterocycles. The molecular weight excluding hydrogens is 180 g/mol. The highest BCUT2D eigenvalue weighted by Crippen LogP contribution is 2.10. The van der Waals surface area contributed by atoms with Gasteiger partial charge in [0.25, 0.3) is 0 Å². The van der Waals surface area contributed by atoms with E-state index in [0.717, 1.165) is 6.42 Å². The molecule has 0 amide bonds. The smallest absolute Gasteiger partial charge is 0.0834 e. The minimum Gasteiger partial charge on any atom is -0.391 e. The highest BCUT2D eigenvalue weighted by Gasteiger charge is 2.18. The van der Waals surface area contributed by atoms with Crippen LogP contribution in [0, 0.1) is 0 Å². The van der Waals surface area contributed by atoms with Gasteiger partial charge in [0.05, 0.1) is 31.0 Å². The molecule has 0 bridgehead atoms. The summed E-state index contributed by atoms with van der Waals surface area (Å²) in [6.07, 6.45) is 0.899. The zero-order chi connectivity index (χ0) is 11.1. The Balaban J connectivity index is 3.84. The molecule has 1 N–H and O–H groups in total. The fourth-order valence-electron chi connectivity index (χ4n) is 1.29. The number of rotatable bonds is 7. The lowest BCUT2D eigenvalue weighted by molar-refractivity contribution is -0.0997. The molecule has 0 aliphatic heterocycles. The maximum atomic E-state index is 9.07. The third-order valence-corrected chi connectivity index (χ3v) is 1.97. The first-order chi connectivity index (χ1) is 6.47. The summed E-state index contributed by atoms with van der Waals surface area (Å²) in [5.74, 6) is 0. The van der Waals surface area contributed by atoms with Gasteiger partial charge in [0.1, 0.15) is 0 Å². The van der Waals surface area contributed by atoms with E-state index in [1.165, 1.54) is 0 Å². The number of aliphatic hydroxyl groups excluding tert-OH is 1. The SMILES string of the molecule is CCC(OC(C)C)C(C)OCC(C)O. The molecule has 0 fully saturated rings. The fourth-order valence-corrected chi connectivity index (χ4v) is 1.29. The Kier molecular flexibility index (Phi) is 7.15. The molecule has 0 aliphatic rings. The maximum absolute atomic E-state index is 9.07. The summed E-state index contributed by atoms with van der Waals surface area (Å²) >= 11 is 0. The lowest BCUT2D eigenvalue weighted by atomic mass is 10.1. The van der Waals surface area contributed by atoms with Crippen molar-refractivity contribution in [3.05, 3.63) is 0 Å². The number of ether oxygens (including phenoxy) is 2. The second kappa shape index (κ2) is 7.21. The molecule has 0 aromatic carbocycles. The molecule has 3 unspecified atom stereocenters. The number of hydrogen-bond donors (Lipinski definition) is 1. The quantitative estimate of drug-likeness (QED) is 0.689. The summed E-state index contributed by atoms with van der Waals surface area (Å²) in [7, 11) is 0. The van der Waals surface area contributed by atoms with Crippen molar-refractivity contribution in [1.29, 1.82) is 0 Å². The lowest BCUT2D eigenvalue weighted by Gasteiger charge is -2.25. The van der Waals surface area contributed by atoms with Crippen molar-refractivity contribution in [2.75, 3.05) is 6.61 Å². The van der Waals surface area contributed by atoms with E-state index < -0.39 is 6.10 Å².